The zero-order valence-electron chi connectivity index (χ0n) is 14.1. The number of ether oxygens (including phenoxy) is 1. The number of halogens is 1. The number of Topliss-reactive ketones (excluding diaryl/α,β-unsaturated/α-hetero) is 1. The first-order valence-corrected chi connectivity index (χ1v) is 8.33. The quantitative estimate of drug-likeness (QED) is 0.582. The highest BCUT2D eigenvalue weighted by Crippen LogP contribution is 2.17. The predicted molar refractivity (Wildman–Crippen MR) is 96.8 cm³/mol. The molecule has 1 aromatic carbocycles. The lowest BCUT2D eigenvalue weighted by Gasteiger charge is -2.26. The predicted octanol–water partition coefficient (Wildman–Crippen LogP) is 2.86. The third-order valence-corrected chi connectivity index (χ3v) is 4.19. The van der Waals surface area contributed by atoms with Gasteiger partial charge in [-0.1, -0.05) is 12.1 Å². The Morgan fingerprint density at radius 2 is 1.96 bits per heavy atom. The molecule has 1 aromatic rings. The number of benzene rings is 1. The molecule has 24 heavy (non-hydrogen) atoms. The Morgan fingerprint density at radius 1 is 1.25 bits per heavy atom. The van der Waals surface area contributed by atoms with Crippen LogP contribution in [0.2, 0.25) is 0 Å². The first-order valence-electron chi connectivity index (χ1n) is 8.33. The molecule has 0 heterocycles. The molecule has 1 amide bonds. The van der Waals surface area contributed by atoms with Crippen molar-refractivity contribution in [3.05, 3.63) is 29.8 Å². The van der Waals surface area contributed by atoms with Gasteiger partial charge >= 0.3 is 0 Å². The fraction of sp³-hybridized carbons (Fsp3) is 0.556. The molecule has 1 saturated carbocycles. The van der Waals surface area contributed by atoms with E-state index in [0.29, 0.717) is 36.8 Å². The summed E-state index contributed by atoms with van der Waals surface area (Å²) in [5.41, 5.74) is 6.50. The van der Waals surface area contributed by atoms with Crippen molar-refractivity contribution in [2.24, 2.45) is 5.73 Å². The van der Waals surface area contributed by atoms with Crippen molar-refractivity contribution in [2.45, 2.75) is 57.5 Å². The molecule has 2 rings (SSSR count). The van der Waals surface area contributed by atoms with Crippen molar-refractivity contribution in [1.82, 2.24) is 5.32 Å². The van der Waals surface area contributed by atoms with Gasteiger partial charge in [0.2, 0.25) is 5.91 Å². The van der Waals surface area contributed by atoms with E-state index in [2.05, 4.69) is 5.32 Å². The Bertz CT molecular complexity index is 543. The molecule has 0 aliphatic heterocycles. The second kappa shape index (κ2) is 10.3. The molecule has 6 heteroatoms. The normalized spacial score (nSPS) is 19.9. The van der Waals surface area contributed by atoms with Crippen LogP contribution in [0.15, 0.2) is 24.3 Å². The standard InChI is InChI=1S/C18H26N2O3.ClH/c1-13(21)14-4-2-5-17(12-14)23-11-3-6-18(22)20-16-9-7-15(19)8-10-16;/h2,4-5,12,15-16H,3,6-11,19H2,1H3,(H,20,22);1H. The minimum absolute atomic E-state index is 0. The van der Waals surface area contributed by atoms with Crippen molar-refractivity contribution >= 4 is 24.1 Å². The molecule has 1 fully saturated rings. The lowest BCUT2D eigenvalue weighted by Crippen LogP contribution is -2.40. The molecule has 134 valence electrons. The lowest BCUT2D eigenvalue weighted by atomic mass is 9.92. The van der Waals surface area contributed by atoms with Gasteiger partial charge in [0.15, 0.2) is 5.78 Å². The number of ketones is 1. The van der Waals surface area contributed by atoms with Gasteiger partial charge in [-0.3, -0.25) is 9.59 Å². The van der Waals surface area contributed by atoms with Crippen LogP contribution in [0.4, 0.5) is 0 Å². The Balaban J connectivity index is 0.00000288. The molecule has 1 aliphatic rings. The third-order valence-electron chi connectivity index (χ3n) is 4.19. The zero-order valence-corrected chi connectivity index (χ0v) is 14.9. The van der Waals surface area contributed by atoms with E-state index in [4.69, 9.17) is 10.5 Å². The summed E-state index contributed by atoms with van der Waals surface area (Å²) in [7, 11) is 0. The molecule has 0 atom stereocenters. The van der Waals surface area contributed by atoms with Gasteiger partial charge in [-0.15, -0.1) is 12.4 Å². The van der Waals surface area contributed by atoms with Crippen LogP contribution in [0.3, 0.4) is 0 Å². The van der Waals surface area contributed by atoms with Gasteiger partial charge in [0.05, 0.1) is 6.61 Å². The number of nitrogens with one attached hydrogen (secondary N) is 1. The van der Waals surface area contributed by atoms with Crippen molar-refractivity contribution in [2.75, 3.05) is 6.61 Å². The van der Waals surface area contributed by atoms with Crippen LogP contribution in [0.1, 0.15) is 55.8 Å². The Labute approximate surface area is 149 Å². The van der Waals surface area contributed by atoms with Crippen LogP contribution < -0.4 is 15.8 Å². The average molecular weight is 355 g/mol. The molecule has 5 nitrogen and oxygen atoms in total. The molecular formula is C18H27ClN2O3. The summed E-state index contributed by atoms with van der Waals surface area (Å²) in [5, 5.41) is 3.07. The lowest BCUT2D eigenvalue weighted by molar-refractivity contribution is -0.122. The average Bonchev–Trinajstić information content (AvgIpc) is 2.54. The molecule has 0 aromatic heterocycles. The molecule has 0 saturated heterocycles. The maximum atomic E-state index is 11.9. The molecular weight excluding hydrogens is 328 g/mol. The highest BCUT2D eigenvalue weighted by molar-refractivity contribution is 5.94. The second-order valence-electron chi connectivity index (χ2n) is 6.22. The Morgan fingerprint density at radius 3 is 2.62 bits per heavy atom. The summed E-state index contributed by atoms with van der Waals surface area (Å²) >= 11 is 0. The van der Waals surface area contributed by atoms with Gasteiger partial charge in [-0.05, 0) is 51.2 Å². The highest BCUT2D eigenvalue weighted by atomic mass is 35.5. The summed E-state index contributed by atoms with van der Waals surface area (Å²) in [5.74, 6) is 0.757. The van der Waals surface area contributed by atoms with Gasteiger partial charge in [0, 0.05) is 24.1 Å². The summed E-state index contributed by atoms with van der Waals surface area (Å²) in [6.45, 7) is 1.99. The van der Waals surface area contributed by atoms with Gasteiger partial charge in [-0.25, -0.2) is 0 Å². The number of rotatable bonds is 7. The van der Waals surface area contributed by atoms with Gasteiger partial charge in [-0.2, -0.15) is 0 Å². The molecule has 0 spiro atoms. The van der Waals surface area contributed by atoms with E-state index in [-0.39, 0.29) is 30.1 Å². The van der Waals surface area contributed by atoms with Gasteiger partial charge in [0.25, 0.3) is 0 Å². The van der Waals surface area contributed by atoms with E-state index in [1.54, 1.807) is 18.2 Å². The minimum Gasteiger partial charge on any atom is -0.494 e. The zero-order chi connectivity index (χ0) is 16.7. The molecule has 3 N–H and O–H groups in total. The maximum absolute atomic E-state index is 11.9. The van der Waals surface area contributed by atoms with E-state index in [0.717, 1.165) is 25.7 Å². The smallest absolute Gasteiger partial charge is 0.220 e. The van der Waals surface area contributed by atoms with Crippen LogP contribution in [0.5, 0.6) is 5.75 Å². The molecule has 1 aliphatic carbocycles. The fourth-order valence-electron chi connectivity index (χ4n) is 2.79. The number of nitrogens with two attached hydrogens (primary N) is 1. The fourth-order valence-corrected chi connectivity index (χ4v) is 2.79. The Hall–Kier alpha value is -1.59. The van der Waals surface area contributed by atoms with Crippen LogP contribution in [0.25, 0.3) is 0 Å². The molecule has 0 unspecified atom stereocenters. The highest BCUT2D eigenvalue weighted by Gasteiger charge is 2.19. The van der Waals surface area contributed by atoms with Crippen molar-refractivity contribution in [3.63, 3.8) is 0 Å². The molecule has 0 bridgehead atoms. The minimum atomic E-state index is 0. The number of carbonyl (C=O) groups excluding carboxylic acids is 2. The maximum Gasteiger partial charge on any atom is 0.220 e. The van der Waals surface area contributed by atoms with E-state index in [1.165, 1.54) is 6.92 Å². The largest absolute Gasteiger partial charge is 0.494 e. The number of carbonyl (C=O) groups is 2. The number of hydrogen-bond acceptors (Lipinski definition) is 4. The first-order chi connectivity index (χ1) is 11.0. The summed E-state index contributed by atoms with van der Waals surface area (Å²) in [6.07, 6.45) is 5.03. The van der Waals surface area contributed by atoms with E-state index in [1.807, 2.05) is 6.07 Å². The van der Waals surface area contributed by atoms with Crippen molar-refractivity contribution in [3.8, 4) is 5.75 Å². The SMILES string of the molecule is CC(=O)c1cccc(OCCCC(=O)NC2CCC(N)CC2)c1.Cl. The van der Waals surface area contributed by atoms with Gasteiger partial charge in [0.1, 0.15) is 5.75 Å². The van der Waals surface area contributed by atoms with Gasteiger partial charge < -0.3 is 15.8 Å². The number of amides is 1. The van der Waals surface area contributed by atoms with Crippen LogP contribution in [0, 0.1) is 0 Å². The van der Waals surface area contributed by atoms with E-state index < -0.39 is 0 Å². The van der Waals surface area contributed by atoms with E-state index in [9.17, 15) is 9.59 Å². The van der Waals surface area contributed by atoms with Crippen LogP contribution >= 0.6 is 12.4 Å². The second-order valence-corrected chi connectivity index (χ2v) is 6.22. The summed E-state index contributed by atoms with van der Waals surface area (Å²) < 4.78 is 5.60. The summed E-state index contributed by atoms with van der Waals surface area (Å²) in [6, 6.07) is 7.68. The monoisotopic (exact) mass is 354 g/mol. The Kier molecular flexibility index (Phi) is 8.79. The number of hydrogen-bond donors (Lipinski definition) is 2. The van der Waals surface area contributed by atoms with Crippen LogP contribution in [-0.4, -0.2) is 30.4 Å². The molecule has 0 radical (unpaired) electrons. The van der Waals surface area contributed by atoms with Crippen molar-refractivity contribution < 1.29 is 14.3 Å². The van der Waals surface area contributed by atoms with Crippen LogP contribution in [-0.2, 0) is 4.79 Å². The van der Waals surface area contributed by atoms with E-state index >= 15 is 0 Å². The summed E-state index contributed by atoms with van der Waals surface area (Å²) in [4.78, 5) is 23.2. The third kappa shape index (κ3) is 6.89. The topological polar surface area (TPSA) is 81.4 Å². The first kappa shape index (κ1) is 20.5. The van der Waals surface area contributed by atoms with Crippen molar-refractivity contribution in [1.29, 1.82) is 0 Å².